The molecule has 1 aromatic carbocycles. The SMILES string of the molecule is CCc1csc([C@](C)(c2ccc(S(=O)(=O)ON)cc2)N(C(C)=O)C(=O)OC(C)(C)C)n1. The van der Waals surface area contributed by atoms with Gasteiger partial charge in [-0.2, -0.15) is 18.6 Å². The zero-order chi connectivity index (χ0) is 23.6. The van der Waals surface area contributed by atoms with E-state index in [4.69, 9.17) is 10.6 Å². The third-order valence-electron chi connectivity index (χ3n) is 4.50. The van der Waals surface area contributed by atoms with Gasteiger partial charge < -0.3 is 4.74 Å². The second-order valence-corrected chi connectivity index (χ2v) is 10.4. The van der Waals surface area contributed by atoms with Crippen LogP contribution in [-0.2, 0) is 35.9 Å². The summed E-state index contributed by atoms with van der Waals surface area (Å²) in [5, 5.41) is 2.33. The van der Waals surface area contributed by atoms with Gasteiger partial charge >= 0.3 is 16.2 Å². The fourth-order valence-electron chi connectivity index (χ4n) is 2.98. The molecule has 0 spiro atoms. The fourth-order valence-corrected chi connectivity index (χ4v) is 4.63. The minimum atomic E-state index is -4.11. The average Bonchev–Trinajstić information content (AvgIpc) is 3.16. The number of rotatable bonds is 6. The standard InChI is InChI=1S/C20H27N3O6S2/c1-7-15-12-30-17(22-15)20(6,23(13(2)24)18(25)28-19(3,4)5)14-8-10-16(11-9-14)31(26,27)29-21/h8-12H,7,21H2,1-6H3/t20-/m0/s1. The van der Waals surface area contributed by atoms with Crippen LogP contribution < -0.4 is 5.90 Å². The van der Waals surface area contributed by atoms with Crippen LogP contribution >= 0.6 is 11.3 Å². The van der Waals surface area contributed by atoms with E-state index < -0.39 is 33.3 Å². The van der Waals surface area contributed by atoms with E-state index in [0.29, 0.717) is 17.0 Å². The number of nitrogens with zero attached hydrogens (tertiary/aromatic N) is 2. The van der Waals surface area contributed by atoms with Crippen LogP contribution in [0.15, 0.2) is 34.5 Å². The lowest BCUT2D eigenvalue weighted by Crippen LogP contribution is -2.52. The van der Waals surface area contributed by atoms with Gasteiger partial charge in [-0.3, -0.25) is 4.79 Å². The Labute approximate surface area is 186 Å². The number of carbonyl (C=O) groups excluding carboxylic acids is 2. The zero-order valence-corrected chi connectivity index (χ0v) is 20.0. The van der Waals surface area contributed by atoms with E-state index in [-0.39, 0.29) is 4.90 Å². The van der Waals surface area contributed by atoms with Crippen LogP contribution in [-0.4, -0.2) is 35.9 Å². The predicted molar refractivity (Wildman–Crippen MR) is 116 cm³/mol. The van der Waals surface area contributed by atoms with Gasteiger partial charge in [-0.1, -0.05) is 19.1 Å². The number of carbonyl (C=O) groups is 2. The molecule has 0 radical (unpaired) electrons. The van der Waals surface area contributed by atoms with Gasteiger partial charge in [0.2, 0.25) is 5.91 Å². The van der Waals surface area contributed by atoms with Crippen LogP contribution in [0, 0.1) is 0 Å². The predicted octanol–water partition coefficient (Wildman–Crippen LogP) is 3.33. The van der Waals surface area contributed by atoms with E-state index in [2.05, 4.69) is 9.27 Å². The Morgan fingerprint density at radius 1 is 1.16 bits per heavy atom. The Hall–Kier alpha value is -2.34. The molecule has 0 fully saturated rings. The number of ether oxygens (including phenoxy) is 1. The first-order valence-electron chi connectivity index (χ1n) is 9.48. The van der Waals surface area contributed by atoms with Gasteiger partial charge in [0.1, 0.15) is 16.1 Å². The molecule has 2 amide bonds. The average molecular weight is 470 g/mol. The molecule has 0 saturated heterocycles. The first-order valence-corrected chi connectivity index (χ1v) is 11.8. The Balaban J connectivity index is 2.71. The van der Waals surface area contributed by atoms with Crippen molar-refractivity contribution in [3.8, 4) is 0 Å². The molecular formula is C20H27N3O6S2. The Morgan fingerprint density at radius 2 is 1.74 bits per heavy atom. The zero-order valence-electron chi connectivity index (χ0n) is 18.3. The van der Waals surface area contributed by atoms with Crippen molar-refractivity contribution in [2.24, 2.45) is 5.90 Å². The van der Waals surface area contributed by atoms with Crippen LogP contribution in [0.3, 0.4) is 0 Å². The van der Waals surface area contributed by atoms with Crippen molar-refractivity contribution in [1.29, 1.82) is 0 Å². The number of aryl methyl sites for hydroxylation is 1. The molecule has 0 unspecified atom stereocenters. The van der Waals surface area contributed by atoms with E-state index in [1.165, 1.54) is 42.5 Å². The normalized spacial score (nSPS) is 14.0. The minimum absolute atomic E-state index is 0.166. The maximum atomic E-state index is 13.1. The summed E-state index contributed by atoms with van der Waals surface area (Å²) in [7, 11) is -4.11. The summed E-state index contributed by atoms with van der Waals surface area (Å²) in [4.78, 5) is 31.2. The molecule has 1 heterocycles. The molecule has 0 bridgehead atoms. The molecule has 170 valence electrons. The number of benzene rings is 1. The molecule has 0 aliphatic carbocycles. The maximum absolute atomic E-state index is 13.1. The molecule has 2 rings (SSSR count). The molecule has 1 aromatic heterocycles. The first-order chi connectivity index (χ1) is 14.3. The number of nitrogens with two attached hydrogens (primary N) is 1. The molecule has 11 heteroatoms. The van der Waals surface area contributed by atoms with Gasteiger partial charge in [0.15, 0.2) is 0 Å². The van der Waals surface area contributed by atoms with Crippen molar-refractivity contribution in [2.75, 3.05) is 0 Å². The van der Waals surface area contributed by atoms with E-state index >= 15 is 0 Å². The van der Waals surface area contributed by atoms with Crippen LogP contribution in [0.2, 0.25) is 0 Å². The van der Waals surface area contributed by atoms with Crippen molar-refractivity contribution in [3.63, 3.8) is 0 Å². The Kier molecular flexibility index (Phi) is 7.26. The summed E-state index contributed by atoms with van der Waals surface area (Å²) in [6.07, 6.45) is -0.165. The third kappa shape index (κ3) is 5.29. The molecule has 2 N–H and O–H groups in total. The van der Waals surface area contributed by atoms with E-state index in [1.54, 1.807) is 27.7 Å². The molecule has 31 heavy (non-hydrogen) atoms. The highest BCUT2D eigenvalue weighted by Crippen LogP contribution is 2.39. The van der Waals surface area contributed by atoms with Crippen molar-refractivity contribution in [2.45, 2.75) is 64.0 Å². The number of hydrogen-bond acceptors (Lipinski definition) is 9. The van der Waals surface area contributed by atoms with Gasteiger partial charge in [-0.15, -0.1) is 11.3 Å². The lowest BCUT2D eigenvalue weighted by Gasteiger charge is -2.39. The molecule has 0 saturated carbocycles. The molecule has 0 aliphatic rings. The number of imide groups is 1. The van der Waals surface area contributed by atoms with Crippen molar-refractivity contribution in [1.82, 2.24) is 9.88 Å². The van der Waals surface area contributed by atoms with Crippen molar-refractivity contribution < 1.29 is 27.0 Å². The monoisotopic (exact) mass is 469 g/mol. The number of hydrogen-bond donors (Lipinski definition) is 1. The summed E-state index contributed by atoms with van der Waals surface area (Å²) in [6.45, 7) is 9.97. The van der Waals surface area contributed by atoms with E-state index in [1.807, 2.05) is 12.3 Å². The number of amides is 2. The molecule has 1 atom stereocenters. The van der Waals surface area contributed by atoms with Gasteiger partial charge in [0.05, 0.1) is 10.6 Å². The Morgan fingerprint density at radius 3 is 2.16 bits per heavy atom. The van der Waals surface area contributed by atoms with Gasteiger partial charge in [-0.25, -0.2) is 14.7 Å². The number of thiazole rings is 1. The van der Waals surface area contributed by atoms with Gasteiger partial charge in [0.25, 0.3) is 0 Å². The highest BCUT2D eigenvalue weighted by Gasteiger charge is 2.45. The highest BCUT2D eigenvalue weighted by molar-refractivity contribution is 7.86. The Bertz CT molecular complexity index is 1060. The van der Waals surface area contributed by atoms with Crippen LogP contribution in [0.5, 0.6) is 0 Å². The molecule has 0 aliphatic heterocycles. The first kappa shape index (κ1) is 24.9. The van der Waals surface area contributed by atoms with Crippen LogP contribution in [0.1, 0.15) is 57.8 Å². The van der Waals surface area contributed by atoms with Gasteiger partial charge in [0, 0.05) is 12.3 Å². The topological polar surface area (TPSA) is 129 Å². The van der Waals surface area contributed by atoms with Gasteiger partial charge in [-0.05, 0) is 51.8 Å². The summed E-state index contributed by atoms with van der Waals surface area (Å²) >= 11 is 1.30. The lowest BCUT2D eigenvalue weighted by molar-refractivity contribution is -0.132. The molecular weight excluding hydrogens is 442 g/mol. The maximum Gasteiger partial charge on any atom is 0.418 e. The fraction of sp³-hybridized carbons (Fsp3) is 0.450. The van der Waals surface area contributed by atoms with E-state index in [0.717, 1.165) is 10.6 Å². The van der Waals surface area contributed by atoms with Crippen molar-refractivity contribution >= 4 is 33.5 Å². The lowest BCUT2D eigenvalue weighted by atomic mass is 9.90. The van der Waals surface area contributed by atoms with E-state index in [9.17, 15) is 18.0 Å². The highest BCUT2D eigenvalue weighted by atomic mass is 32.2. The molecule has 9 nitrogen and oxygen atoms in total. The minimum Gasteiger partial charge on any atom is -0.443 e. The second-order valence-electron chi connectivity index (χ2n) is 7.98. The summed E-state index contributed by atoms with van der Waals surface area (Å²) in [5.74, 6) is 4.30. The molecule has 2 aromatic rings. The van der Waals surface area contributed by atoms with Crippen molar-refractivity contribution in [3.05, 3.63) is 45.9 Å². The number of aromatic nitrogens is 1. The smallest absolute Gasteiger partial charge is 0.418 e. The van der Waals surface area contributed by atoms with Crippen LogP contribution in [0.25, 0.3) is 0 Å². The summed E-state index contributed by atoms with van der Waals surface area (Å²) in [6, 6.07) is 5.55. The third-order valence-corrected chi connectivity index (χ3v) is 6.71. The second kappa shape index (κ2) is 9.03. The summed E-state index contributed by atoms with van der Waals surface area (Å²) < 4.78 is 33.3. The quantitative estimate of drug-likeness (QED) is 0.638. The largest absolute Gasteiger partial charge is 0.443 e. The summed E-state index contributed by atoms with van der Waals surface area (Å²) in [5.41, 5.74) is -0.923. The van der Waals surface area contributed by atoms with Crippen LogP contribution in [0.4, 0.5) is 4.79 Å².